The van der Waals surface area contributed by atoms with Crippen molar-refractivity contribution in [2.24, 2.45) is 17.8 Å². The van der Waals surface area contributed by atoms with Crippen LogP contribution in [0.25, 0.3) is 0 Å². The number of carbonyl (C=O) groups is 2. The Bertz CT molecular complexity index is 627. The number of aromatic nitrogens is 2. The Morgan fingerprint density at radius 1 is 1.30 bits per heavy atom. The molecular weight excluding hydrogens is 294 g/mol. The lowest BCUT2D eigenvalue weighted by Crippen LogP contribution is -2.50. The number of carboxylic acids is 1. The van der Waals surface area contributed by atoms with E-state index < -0.39 is 12.0 Å². The minimum atomic E-state index is -0.965. The van der Waals surface area contributed by atoms with E-state index in [1.165, 1.54) is 4.90 Å². The summed E-state index contributed by atoms with van der Waals surface area (Å²) in [6.07, 6.45) is 4.59. The molecule has 0 aromatic carbocycles. The number of aliphatic carboxylic acids is 1. The van der Waals surface area contributed by atoms with Crippen molar-refractivity contribution in [1.82, 2.24) is 14.9 Å². The van der Waals surface area contributed by atoms with E-state index in [-0.39, 0.29) is 23.7 Å². The van der Waals surface area contributed by atoms with Crippen LogP contribution in [0.4, 0.5) is 0 Å². The van der Waals surface area contributed by atoms with Gasteiger partial charge in [-0.15, -0.1) is 0 Å². The summed E-state index contributed by atoms with van der Waals surface area (Å²) >= 11 is 0. The van der Waals surface area contributed by atoms with Crippen LogP contribution in [0.5, 0.6) is 0 Å². The third-order valence-corrected chi connectivity index (χ3v) is 4.09. The van der Waals surface area contributed by atoms with Gasteiger partial charge in [-0.1, -0.05) is 19.8 Å². The van der Waals surface area contributed by atoms with Crippen LogP contribution in [0, 0.1) is 29.6 Å². The van der Waals surface area contributed by atoms with Crippen molar-refractivity contribution in [3.8, 4) is 11.8 Å². The maximum atomic E-state index is 12.4. The van der Waals surface area contributed by atoms with Gasteiger partial charge >= 0.3 is 5.97 Å². The zero-order chi connectivity index (χ0) is 17.0. The van der Waals surface area contributed by atoms with Crippen molar-refractivity contribution in [2.75, 3.05) is 7.05 Å². The van der Waals surface area contributed by atoms with Gasteiger partial charge in [-0.3, -0.25) is 4.79 Å². The third kappa shape index (κ3) is 4.07. The second-order valence-corrected chi connectivity index (χ2v) is 6.18. The van der Waals surface area contributed by atoms with E-state index in [9.17, 15) is 14.7 Å². The summed E-state index contributed by atoms with van der Waals surface area (Å²) in [6.45, 7) is 3.61. The standard InChI is InChI=1S/C17H21N3O3/c1-11(2)15(17(22)23)20(3)16(21)13-9-12(10-13)5-6-14-18-7-4-8-19-14/h4,7-8,11-13,15H,9-10H2,1-3H3,(H,22,23)/t12-,13+,15?. The number of amides is 1. The molecule has 0 bridgehead atoms. The molecule has 1 fully saturated rings. The van der Waals surface area contributed by atoms with E-state index in [4.69, 9.17) is 0 Å². The maximum Gasteiger partial charge on any atom is 0.326 e. The van der Waals surface area contributed by atoms with Crippen LogP contribution in [0.1, 0.15) is 32.5 Å². The van der Waals surface area contributed by atoms with E-state index in [1.807, 2.05) is 0 Å². The molecule has 6 heteroatoms. The lowest BCUT2D eigenvalue weighted by atomic mass is 9.74. The summed E-state index contributed by atoms with van der Waals surface area (Å²) in [5.41, 5.74) is 0. The highest BCUT2D eigenvalue weighted by Gasteiger charge is 2.39. The molecule has 0 saturated heterocycles. The van der Waals surface area contributed by atoms with Gasteiger partial charge in [0.25, 0.3) is 0 Å². The zero-order valence-electron chi connectivity index (χ0n) is 13.6. The molecule has 2 rings (SSSR count). The van der Waals surface area contributed by atoms with Crippen LogP contribution < -0.4 is 0 Å². The highest BCUT2D eigenvalue weighted by molar-refractivity contribution is 5.85. The van der Waals surface area contributed by atoms with Gasteiger partial charge in [0.15, 0.2) is 0 Å². The van der Waals surface area contributed by atoms with Gasteiger partial charge in [0.05, 0.1) is 0 Å². The molecule has 122 valence electrons. The normalized spacial score (nSPS) is 20.9. The number of hydrogen-bond donors (Lipinski definition) is 1. The molecule has 1 saturated carbocycles. The molecule has 0 radical (unpaired) electrons. The Kier molecular flexibility index (Phi) is 5.32. The summed E-state index contributed by atoms with van der Waals surface area (Å²) in [7, 11) is 1.57. The molecule has 23 heavy (non-hydrogen) atoms. The van der Waals surface area contributed by atoms with Gasteiger partial charge < -0.3 is 10.0 Å². The first-order valence-corrected chi connectivity index (χ1v) is 7.68. The average molecular weight is 315 g/mol. The second kappa shape index (κ2) is 7.23. The molecule has 1 aromatic heterocycles. The van der Waals surface area contributed by atoms with Crippen molar-refractivity contribution >= 4 is 11.9 Å². The molecule has 0 aliphatic heterocycles. The third-order valence-electron chi connectivity index (χ3n) is 4.09. The number of carboxylic acid groups (broad SMARTS) is 1. The van der Waals surface area contributed by atoms with Gasteiger partial charge in [0, 0.05) is 31.3 Å². The Labute approximate surface area is 135 Å². The Balaban J connectivity index is 1.90. The summed E-state index contributed by atoms with van der Waals surface area (Å²) in [6, 6.07) is 0.942. The number of hydrogen-bond acceptors (Lipinski definition) is 4. The lowest BCUT2D eigenvalue weighted by molar-refractivity contribution is -0.154. The van der Waals surface area contributed by atoms with E-state index in [0.29, 0.717) is 18.7 Å². The number of rotatable bonds is 4. The largest absolute Gasteiger partial charge is 0.480 e. The Morgan fingerprint density at radius 2 is 1.91 bits per heavy atom. The zero-order valence-corrected chi connectivity index (χ0v) is 13.6. The van der Waals surface area contributed by atoms with Crippen molar-refractivity contribution in [3.05, 3.63) is 24.3 Å². The second-order valence-electron chi connectivity index (χ2n) is 6.18. The maximum absolute atomic E-state index is 12.4. The van der Waals surface area contributed by atoms with Crippen LogP contribution in [-0.4, -0.2) is 44.9 Å². The first kappa shape index (κ1) is 16.9. The van der Waals surface area contributed by atoms with Crippen molar-refractivity contribution in [2.45, 2.75) is 32.7 Å². The minimum Gasteiger partial charge on any atom is -0.480 e. The number of nitrogens with zero attached hydrogens (tertiary/aromatic N) is 3. The molecule has 1 atom stereocenters. The van der Waals surface area contributed by atoms with E-state index in [0.717, 1.165) is 0 Å². The molecule has 1 amide bonds. The van der Waals surface area contributed by atoms with Gasteiger partial charge in [0.2, 0.25) is 11.7 Å². The average Bonchev–Trinajstić information content (AvgIpc) is 2.45. The monoisotopic (exact) mass is 315 g/mol. The van der Waals surface area contributed by atoms with Gasteiger partial charge in [-0.25, -0.2) is 14.8 Å². The fraction of sp³-hybridized carbons (Fsp3) is 0.529. The predicted octanol–water partition coefficient (Wildman–Crippen LogP) is 1.42. The summed E-state index contributed by atoms with van der Waals surface area (Å²) in [5.74, 6) is 5.24. The first-order valence-electron chi connectivity index (χ1n) is 7.68. The Hall–Kier alpha value is -2.42. The highest BCUT2D eigenvalue weighted by Crippen LogP contribution is 2.35. The molecule has 1 aromatic rings. The minimum absolute atomic E-state index is 0.111. The van der Waals surface area contributed by atoms with E-state index in [1.54, 1.807) is 39.4 Å². The molecule has 1 N–H and O–H groups in total. The van der Waals surface area contributed by atoms with Crippen molar-refractivity contribution in [1.29, 1.82) is 0 Å². The van der Waals surface area contributed by atoms with Crippen molar-refractivity contribution in [3.63, 3.8) is 0 Å². The predicted molar refractivity (Wildman–Crippen MR) is 84.2 cm³/mol. The molecule has 6 nitrogen and oxygen atoms in total. The Morgan fingerprint density at radius 3 is 2.43 bits per heavy atom. The smallest absolute Gasteiger partial charge is 0.326 e. The van der Waals surface area contributed by atoms with Crippen LogP contribution in [0.3, 0.4) is 0 Å². The van der Waals surface area contributed by atoms with Crippen molar-refractivity contribution < 1.29 is 14.7 Å². The van der Waals surface area contributed by atoms with E-state index in [2.05, 4.69) is 21.8 Å². The molecule has 1 unspecified atom stereocenters. The molecule has 1 aliphatic carbocycles. The van der Waals surface area contributed by atoms with Crippen LogP contribution in [0.15, 0.2) is 18.5 Å². The first-order chi connectivity index (χ1) is 10.9. The highest BCUT2D eigenvalue weighted by atomic mass is 16.4. The van der Waals surface area contributed by atoms with Crippen LogP contribution in [-0.2, 0) is 9.59 Å². The fourth-order valence-electron chi connectivity index (χ4n) is 2.79. The molecule has 0 spiro atoms. The summed E-state index contributed by atoms with van der Waals surface area (Å²) in [4.78, 5) is 33.1. The topological polar surface area (TPSA) is 83.4 Å². The van der Waals surface area contributed by atoms with Gasteiger partial charge in [0.1, 0.15) is 6.04 Å². The summed E-state index contributed by atoms with van der Waals surface area (Å²) in [5, 5.41) is 9.27. The lowest BCUT2D eigenvalue weighted by Gasteiger charge is -2.36. The molecular formula is C17H21N3O3. The number of carbonyl (C=O) groups excluding carboxylic acids is 1. The molecule has 1 aliphatic rings. The van der Waals surface area contributed by atoms with E-state index >= 15 is 0 Å². The van der Waals surface area contributed by atoms with Crippen LogP contribution in [0.2, 0.25) is 0 Å². The SMILES string of the molecule is CC(C)C(C(=O)O)N(C)C(=O)[C@H]1C[C@@H](C#Cc2ncccn2)C1. The van der Waals surface area contributed by atoms with Crippen LogP contribution >= 0.6 is 0 Å². The summed E-state index contributed by atoms with van der Waals surface area (Å²) < 4.78 is 0. The quantitative estimate of drug-likeness (QED) is 0.850. The molecule has 1 heterocycles. The number of likely N-dealkylation sites (N-methyl/N-ethyl adjacent to an activating group) is 1. The fourth-order valence-corrected chi connectivity index (χ4v) is 2.79. The van der Waals surface area contributed by atoms with Gasteiger partial charge in [-0.2, -0.15) is 0 Å². The van der Waals surface area contributed by atoms with Gasteiger partial charge in [-0.05, 0) is 30.7 Å².